The molecule has 0 amide bonds. The van der Waals surface area contributed by atoms with Gasteiger partial charge in [-0.1, -0.05) is 61.4 Å². The summed E-state index contributed by atoms with van der Waals surface area (Å²) in [6, 6.07) is 13.5. The van der Waals surface area contributed by atoms with Crippen LogP contribution in [0.2, 0.25) is 0 Å². The van der Waals surface area contributed by atoms with Crippen molar-refractivity contribution in [3.8, 4) is 11.3 Å². The maximum atomic E-state index is 5.89. The van der Waals surface area contributed by atoms with E-state index in [4.69, 9.17) is 47.1 Å². The van der Waals surface area contributed by atoms with Gasteiger partial charge in [-0.2, -0.15) is 0 Å². The molecule has 3 rings (SSSR count). The third kappa shape index (κ3) is 4.23. The summed E-state index contributed by atoms with van der Waals surface area (Å²) in [5.74, 6) is 0.431. The number of pyridine rings is 1. The zero-order valence-electron chi connectivity index (χ0n) is 15.6. The van der Waals surface area contributed by atoms with Gasteiger partial charge in [-0.05, 0) is 22.9 Å². The van der Waals surface area contributed by atoms with Gasteiger partial charge in [0.2, 0.25) is 0 Å². The number of nitrogens with zero attached hydrogens (tertiary/aromatic N) is 1. The predicted octanol–water partition coefficient (Wildman–Crippen LogP) is 2.26. The van der Waals surface area contributed by atoms with Crippen molar-refractivity contribution >= 4 is 57.9 Å². The Morgan fingerprint density at radius 2 is 1.37 bits per heavy atom. The molecule has 1 heterocycles. The third-order valence-electron chi connectivity index (χ3n) is 4.66. The van der Waals surface area contributed by atoms with Gasteiger partial charge in [0, 0.05) is 17.1 Å². The number of hydrogen-bond donors (Lipinski definition) is 0. The Morgan fingerprint density at radius 3 is 1.89 bits per heavy atom. The minimum Gasteiger partial charge on any atom is -0.256 e. The second kappa shape index (κ2) is 7.00. The van der Waals surface area contributed by atoms with Crippen LogP contribution in [-0.2, 0) is 10.2 Å². The zero-order chi connectivity index (χ0) is 20.0. The van der Waals surface area contributed by atoms with E-state index in [0.29, 0.717) is 17.0 Å². The van der Waals surface area contributed by atoms with Crippen molar-refractivity contribution in [2.75, 3.05) is 0 Å². The Labute approximate surface area is 169 Å². The van der Waals surface area contributed by atoms with Crippen LogP contribution in [0.5, 0.6) is 0 Å². The molecule has 0 aliphatic heterocycles. The first-order valence-corrected chi connectivity index (χ1v) is 8.75. The largest absolute Gasteiger partial charge is 0.256 e. The highest BCUT2D eigenvalue weighted by molar-refractivity contribution is 6.60. The topological polar surface area (TPSA) is 12.9 Å². The van der Waals surface area contributed by atoms with Crippen molar-refractivity contribution in [3.05, 3.63) is 65.4 Å². The molecule has 0 aliphatic carbocycles. The SMILES string of the molecule is [B]C([B])([B])c1cc(-c2nccc3cc(C(C)C)ccc23)cc(C([B])([B])[B])c1. The highest BCUT2D eigenvalue weighted by Gasteiger charge is 2.20. The molecule has 0 spiro atoms. The molecule has 12 radical (unpaired) electrons. The van der Waals surface area contributed by atoms with Gasteiger partial charge in [-0.3, -0.25) is 4.98 Å². The van der Waals surface area contributed by atoms with Gasteiger partial charge in [0.05, 0.1) is 52.8 Å². The maximum absolute atomic E-state index is 5.89. The van der Waals surface area contributed by atoms with Crippen LogP contribution in [0, 0.1) is 0 Å². The van der Waals surface area contributed by atoms with Gasteiger partial charge < -0.3 is 0 Å². The predicted molar refractivity (Wildman–Crippen MR) is 119 cm³/mol. The molecule has 118 valence electrons. The second-order valence-corrected chi connectivity index (χ2v) is 7.46. The summed E-state index contributed by atoms with van der Waals surface area (Å²) in [6.45, 7) is 4.32. The molecule has 0 atom stereocenters. The number of aromatic nitrogens is 1. The van der Waals surface area contributed by atoms with Crippen molar-refractivity contribution in [3.63, 3.8) is 0 Å². The average molecular weight is 334 g/mol. The maximum Gasteiger partial charge on any atom is 0.0780 e. The lowest BCUT2D eigenvalue weighted by Crippen LogP contribution is -2.30. The van der Waals surface area contributed by atoms with E-state index in [9.17, 15) is 0 Å². The smallest absolute Gasteiger partial charge is 0.0780 e. The molecule has 1 nitrogen and oxygen atoms in total. The summed E-state index contributed by atoms with van der Waals surface area (Å²) in [6.07, 6.45) is 1.76. The molecule has 27 heavy (non-hydrogen) atoms. The van der Waals surface area contributed by atoms with E-state index < -0.39 is 10.2 Å². The highest BCUT2D eigenvalue weighted by Crippen LogP contribution is 2.33. The summed E-state index contributed by atoms with van der Waals surface area (Å²) in [7, 11) is 35.4. The molecule has 0 bridgehead atoms. The van der Waals surface area contributed by atoms with Crippen LogP contribution in [0.15, 0.2) is 48.7 Å². The first-order valence-electron chi connectivity index (χ1n) is 8.75. The lowest BCUT2D eigenvalue weighted by molar-refractivity contribution is 0.869. The molecule has 7 heteroatoms. The molecule has 0 unspecified atom stereocenters. The van der Waals surface area contributed by atoms with Crippen LogP contribution < -0.4 is 0 Å². The van der Waals surface area contributed by atoms with Crippen molar-refractivity contribution in [2.45, 2.75) is 30.0 Å². The van der Waals surface area contributed by atoms with E-state index in [1.807, 2.05) is 6.07 Å². The molecule has 2 aromatic carbocycles. The molecule has 0 fully saturated rings. The van der Waals surface area contributed by atoms with Gasteiger partial charge in [0.1, 0.15) is 0 Å². The molecule has 0 saturated heterocycles. The monoisotopic (exact) mass is 335 g/mol. The summed E-state index contributed by atoms with van der Waals surface area (Å²) >= 11 is 0. The van der Waals surface area contributed by atoms with Crippen LogP contribution in [-0.4, -0.2) is 52.1 Å². The molecule has 1 aromatic heterocycles. The normalized spacial score (nSPS) is 12.6. The van der Waals surface area contributed by atoms with Crippen molar-refractivity contribution in [2.24, 2.45) is 0 Å². The number of fused-ring (bicyclic) bond motifs is 1. The van der Waals surface area contributed by atoms with Crippen molar-refractivity contribution < 1.29 is 0 Å². The van der Waals surface area contributed by atoms with Gasteiger partial charge in [0.25, 0.3) is 0 Å². The first kappa shape index (κ1) is 20.0. The number of hydrogen-bond acceptors (Lipinski definition) is 1. The van der Waals surface area contributed by atoms with Gasteiger partial charge in [0.15, 0.2) is 0 Å². The molecule has 0 N–H and O–H groups in total. The Hall–Kier alpha value is -1.76. The van der Waals surface area contributed by atoms with Gasteiger partial charge in [-0.25, -0.2) is 0 Å². The van der Waals surface area contributed by atoms with E-state index in [-0.39, 0.29) is 0 Å². The lowest BCUT2D eigenvalue weighted by Gasteiger charge is -2.28. The fraction of sp³-hybridized carbons (Fsp3) is 0.250. The van der Waals surface area contributed by atoms with Crippen molar-refractivity contribution in [1.29, 1.82) is 0 Å². The van der Waals surface area contributed by atoms with Crippen LogP contribution in [0.3, 0.4) is 0 Å². The first-order chi connectivity index (χ1) is 12.5. The molecular weight excluding hydrogens is 319 g/mol. The lowest BCUT2D eigenvalue weighted by atomic mass is 9.37. The Kier molecular flexibility index (Phi) is 5.18. The fourth-order valence-corrected chi connectivity index (χ4v) is 3.05. The van der Waals surface area contributed by atoms with E-state index in [1.54, 1.807) is 24.4 Å². The van der Waals surface area contributed by atoms with Gasteiger partial charge in [-0.15, -0.1) is 10.2 Å². The quantitative estimate of drug-likeness (QED) is 0.667. The van der Waals surface area contributed by atoms with E-state index in [0.717, 1.165) is 22.0 Å². The third-order valence-corrected chi connectivity index (χ3v) is 4.66. The molecular formula is C20H15B6N. The van der Waals surface area contributed by atoms with Gasteiger partial charge >= 0.3 is 0 Å². The second-order valence-electron chi connectivity index (χ2n) is 7.46. The van der Waals surface area contributed by atoms with E-state index in [1.165, 1.54) is 5.56 Å². The highest BCUT2D eigenvalue weighted by atomic mass is 14.7. The van der Waals surface area contributed by atoms with Crippen LogP contribution in [0.4, 0.5) is 0 Å². The average Bonchev–Trinajstić information content (AvgIpc) is 2.58. The summed E-state index contributed by atoms with van der Waals surface area (Å²) in [4.78, 5) is 4.55. The summed E-state index contributed by atoms with van der Waals surface area (Å²) in [5.41, 5.74) is 3.65. The Bertz CT molecular complexity index is 954. The van der Waals surface area contributed by atoms with E-state index >= 15 is 0 Å². The zero-order valence-corrected chi connectivity index (χ0v) is 15.6. The fourth-order valence-electron chi connectivity index (χ4n) is 3.05. The Balaban J connectivity index is 2.27. The minimum atomic E-state index is -1.56. The molecule has 0 saturated carbocycles. The minimum absolute atomic E-state index is 0.431. The van der Waals surface area contributed by atoms with Crippen LogP contribution in [0.25, 0.3) is 22.0 Å². The Morgan fingerprint density at radius 1 is 0.778 bits per heavy atom. The molecule has 3 aromatic rings. The summed E-state index contributed by atoms with van der Waals surface area (Å²) in [5, 5.41) is -1.06. The number of rotatable bonds is 4. The number of benzene rings is 2. The summed E-state index contributed by atoms with van der Waals surface area (Å²) < 4.78 is 0. The standard InChI is InChI=1S/C20H15B6N/c1-11(2)12-3-4-17-13(7-12)5-6-27-18(17)14-8-15(19(21,22)23)10-16(9-14)20(24,25)26/h3-11H,1-2H3. The van der Waals surface area contributed by atoms with Crippen LogP contribution in [0.1, 0.15) is 36.5 Å². The van der Waals surface area contributed by atoms with Crippen molar-refractivity contribution in [1.82, 2.24) is 4.98 Å². The molecule has 0 aliphatic rings. The van der Waals surface area contributed by atoms with Crippen LogP contribution >= 0.6 is 0 Å². The van der Waals surface area contributed by atoms with E-state index in [2.05, 4.69) is 37.0 Å².